The highest BCUT2D eigenvalue weighted by Gasteiger charge is 2.40. The first-order valence-corrected chi connectivity index (χ1v) is 14.3. The Balaban J connectivity index is 1.14. The van der Waals surface area contributed by atoms with Gasteiger partial charge in [0, 0.05) is 38.0 Å². The molecule has 0 aliphatic carbocycles. The highest BCUT2D eigenvalue weighted by molar-refractivity contribution is 5.80. The third-order valence-corrected chi connectivity index (χ3v) is 8.66. The number of nitrogen functional groups attached to an aromatic ring is 1. The van der Waals surface area contributed by atoms with Crippen molar-refractivity contribution >= 4 is 22.8 Å². The van der Waals surface area contributed by atoms with E-state index in [0.29, 0.717) is 31.4 Å². The maximum atomic E-state index is 13.9. The predicted octanol–water partition coefficient (Wildman–Crippen LogP) is 3.03. The number of carbonyl (C=O) groups excluding carboxylic acids is 1. The van der Waals surface area contributed by atoms with E-state index in [1.165, 1.54) is 22.0 Å². The van der Waals surface area contributed by atoms with Gasteiger partial charge in [0.15, 0.2) is 5.52 Å². The largest absolute Gasteiger partial charge is 0.388 e. The molecule has 0 unspecified atom stereocenters. The zero-order valence-corrected chi connectivity index (χ0v) is 23.1. The van der Waals surface area contributed by atoms with Crippen LogP contribution in [0.3, 0.4) is 0 Å². The lowest BCUT2D eigenvalue weighted by Gasteiger charge is -2.43. The fraction of sp³-hybridized carbons (Fsp3) is 0.375. The van der Waals surface area contributed by atoms with Gasteiger partial charge in [-0.25, -0.2) is 9.97 Å². The number of nitrogens with two attached hydrogens (primary N) is 1. The molecule has 9 heteroatoms. The van der Waals surface area contributed by atoms with Crippen molar-refractivity contribution in [1.29, 1.82) is 0 Å². The van der Waals surface area contributed by atoms with Crippen LogP contribution >= 0.6 is 0 Å². The second-order valence-corrected chi connectivity index (χ2v) is 11.5. The van der Waals surface area contributed by atoms with Crippen LogP contribution in [0.5, 0.6) is 0 Å². The summed E-state index contributed by atoms with van der Waals surface area (Å²) in [6, 6.07) is 24.1. The Labute approximate surface area is 239 Å². The van der Waals surface area contributed by atoms with Gasteiger partial charge in [-0.3, -0.25) is 19.1 Å². The number of amides is 1. The molecule has 1 amide bonds. The summed E-state index contributed by atoms with van der Waals surface area (Å²) in [7, 11) is 0. The van der Waals surface area contributed by atoms with Crippen molar-refractivity contribution in [1.82, 2.24) is 24.3 Å². The van der Waals surface area contributed by atoms with Crippen LogP contribution < -0.4 is 11.3 Å². The third kappa shape index (κ3) is 5.87. The second kappa shape index (κ2) is 11.4. The number of likely N-dealkylation sites (tertiary alicyclic amines) is 2. The van der Waals surface area contributed by atoms with Crippen molar-refractivity contribution in [2.24, 2.45) is 5.92 Å². The van der Waals surface area contributed by atoms with E-state index in [4.69, 9.17) is 5.73 Å². The second-order valence-electron chi connectivity index (χ2n) is 11.5. The van der Waals surface area contributed by atoms with Crippen molar-refractivity contribution in [3.63, 3.8) is 0 Å². The summed E-state index contributed by atoms with van der Waals surface area (Å²) < 4.78 is 1.40. The van der Waals surface area contributed by atoms with Crippen LogP contribution in [-0.4, -0.2) is 67.1 Å². The van der Waals surface area contributed by atoms with E-state index in [2.05, 4.69) is 51.3 Å². The highest BCUT2D eigenvalue weighted by atomic mass is 16.3. The molecule has 2 aromatic carbocycles. The van der Waals surface area contributed by atoms with Gasteiger partial charge in [-0.15, -0.1) is 0 Å². The van der Waals surface area contributed by atoms with Crippen LogP contribution in [0.4, 0.5) is 5.82 Å². The summed E-state index contributed by atoms with van der Waals surface area (Å²) in [4.78, 5) is 39.8. The molecule has 2 saturated heterocycles. The molecule has 0 radical (unpaired) electrons. The van der Waals surface area contributed by atoms with Gasteiger partial charge in [0.25, 0.3) is 5.56 Å². The lowest BCUT2D eigenvalue weighted by molar-refractivity contribution is -0.142. The molecule has 0 spiro atoms. The van der Waals surface area contributed by atoms with E-state index >= 15 is 0 Å². The smallest absolute Gasteiger partial charge is 0.280 e. The van der Waals surface area contributed by atoms with E-state index in [1.807, 2.05) is 29.2 Å². The lowest BCUT2D eigenvalue weighted by Crippen LogP contribution is -2.53. The van der Waals surface area contributed by atoms with E-state index in [9.17, 15) is 14.7 Å². The summed E-state index contributed by atoms with van der Waals surface area (Å²) in [6.45, 7) is 3.54. The van der Waals surface area contributed by atoms with Gasteiger partial charge in [0.05, 0.1) is 24.0 Å². The number of piperidine rings is 2. The summed E-state index contributed by atoms with van der Waals surface area (Å²) in [6.07, 6.45) is 3.01. The van der Waals surface area contributed by atoms with Crippen LogP contribution in [0.2, 0.25) is 0 Å². The molecule has 9 nitrogen and oxygen atoms in total. The molecule has 2 fully saturated rings. The van der Waals surface area contributed by atoms with Crippen molar-refractivity contribution in [3.05, 3.63) is 101 Å². The number of aromatic nitrogens is 3. The fourth-order valence-corrected chi connectivity index (χ4v) is 6.35. The summed E-state index contributed by atoms with van der Waals surface area (Å²) in [5.41, 5.74) is 7.45. The Morgan fingerprint density at radius 3 is 2.41 bits per heavy atom. The zero-order valence-electron chi connectivity index (χ0n) is 23.1. The Bertz CT molecular complexity index is 1570. The maximum absolute atomic E-state index is 13.9. The van der Waals surface area contributed by atoms with Gasteiger partial charge in [-0.2, -0.15) is 0 Å². The lowest BCUT2D eigenvalue weighted by atomic mass is 9.79. The van der Waals surface area contributed by atoms with Crippen molar-refractivity contribution in [2.45, 2.75) is 43.9 Å². The molecular formula is C32H36N6O3. The number of hydrogen-bond acceptors (Lipinski definition) is 7. The van der Waals surface area contributed by atoms with Gasteiger partial charge in [-0.05, 0) is 49.1 Å². The Morgan fingerprint density at radius 2 is 1.68 bits per heavy atom. The molecule has 2 atom stereocenters. The topological polar surface area (TPSA) is 118 Å². The minimum Gasteiger partial charge on any atom is -0.388 e. The van der Waals surface area contributed by atoms with Gasteiger partial charge < -0.3 is 15.7 Å². The molecule has 41 heavy (non-hydrogen) atoms. The van der Waals surface area contributed by atoms with E-state index in [0.717, 1.165) is 26.1 Å². The number of anilines is 1. The predicted molar refractivity (Wildman–Crippen MR) is 158 cm³/mol. The number of pyridine rings is 1. The third-order valence-electron chi connectivity index (χ3n) is 8.66. The van der Waals surface area contributed by atoms with Crippen molar-refractivity contribution in [2.75, 3.05) is 31.9 Å². The molecule has 2 aliphatic heterocycles. The van der Waals surface area contributed by atoms with Crippen LogP contribution in [0.1, 0.15) is 36.3 Å². The van der Waals surface area contributed by atoms with E-state index < -0.39 is 5.60 Å². The van der Waals surface area contributed by atoms with Crippen LogP contribution in [-0.2, 0) is 17.9 Å². The molecule has 0 bridgehead atoms. The fourth-order valence-electron chi connectivity index (χ4n) is 6.35. The number of hydrogen-bond donors (Lipinski definition) is 2. The normalized spacial score (nSPS) is 21.1. The van der Waals surface area contributed by atoms with Crippen LogP contribution in [0, 0.1) is 5.92 Å². The standard InChI is InChI=1S/C32H36N6O3/c33-28-12-11-27-29(35-28)31(40)38(22-34-27)21-32(41)14-17-37(18-15-32)30(39)25-13-16-36(19-23-7-3-1-4-8-23)20-26(25)24-9-5-2-6-10-24/h1-12,22,25-26,41H,13-21H2,(H2,33,35)/t25-,26+/m1/s1. The zero-order chi connectivity index (χ0) is 28.4. The monoisotopic (exact) mass is 552 g/mol. The molecule has 2 aromatic heterocycles. The van der Waals surface area contributed by atoms with Crippen LogP contribution in [0.15, 0.2) is 83.9 Å². The summed E-state index contributed by atoms with van der Waals surface area (Å²) in [5, 5.41) is 11.4. The van der Waals surface area contributed by atoms with E-state index in [-0.39, 0.29) is 41.2 Å². The van der Waals surface area contributed by atoms with Gasteiger partial charge in [0.2, 0.25) is 5.91 Å². The number of rotatable bonds is 6. The highest BCUT2D eigenvalue weighted by Crippen LogP contribution is 2.36. The number of benzene rings is 2. The first kappa shape index (κ1) is 27.1. The minimum absolute atomic E-state index is 0.0950. The Hall–Kier alpha value is -4.08. The first-order chi connectivity index (χ1) is 19.9. The molecule has 2 aliphatic rings. The number of fused-ring (bicyclic) bond motifs is 1. The molecule has 0 saturated carbocycles. The molecule has 6 rings (SSSR count). The van der Waals surface area contributed by atoms with Gasteiger partial charge in [0.1, 0.15) is 5.82 Å². The quantitative estimate of drug-likeness (QED) is 0.378. The molecule has 4 aromatic rings. The average Bonchev–Trinajstić information content (AvgIpc) is 3.00. The molecular weight excluding hydrogens is 516 g/mol. The van der Waals surface area contributed by atoms with Gasteiger partial charge in [-0.1, -0.05) is 60.7 Å². The number of aliphatic hydroxyl groups is 1. The van der Waals surface area contributed by atoms with Gasteiger partial charge >= 0.3 is 0 Å². The minimum atomic E-state index is -1.12. The Kier molecular flexibility index (Phi) is 7.55. The summed E-state index contributed by atoms with van der Waals surface area (Å²) in [5.74, 6) is 0.396. The Morgan fingerprint density at radius 1 is 0.976 bits per heavy atom. The summed E-state index contributed by atoms with van der Waals surface area (Å²) >= 11 is 0. The molecule has 212 valence electrons. The number of carbonyl (C=O) groups is 1. The molecule has 4 heterocycles. The van der Waals surface area contributed by atoms with E-state index in [1.54, 1.807) is 12.1 Å². The SMILES string of the molecule is Nc1ccc2ncn(CC3(O)CCN(C(=O)[C@@H]4CCN(Cc5ccccc5)C[C@H]4c4ccccc4)CC3)c(=O)c2n1. The van der Waals surface area contributed by atoms with Crippen LogP contribution in [0.25, 0.3) is 11.0 Å². The van der Waals surface area contributed by atoms with Crippen molar-refractivity contribution in [3.8, 4) is 0 Å². The average molecular weight is 553 g/mol. The van der Waals surface area contributed by atoms with Crippen molar-refractivity contribution < 1.29 is 9.90 Å². The maximum Gasteiger partial charge on any atom is 0.280 e. The molecule has 3 N–H and O–H groups in total. The first-order valence-electron chi connectivity index (χ1n) is 14.3. The number of nitrogens with zero attached hydrogens (tertiary/aromatic N) is 5.